The summed E-state index contributed by atoms with van der Waals surface area (Å²) >= 11 is 0. The van der Waals surface area contributed by atoms with E-state index in [4.69, 9.17) is 4.74 Å². The molecule has 2 rings (SSSR count). The Balaban J connectivity index is 2.22. The predicted octanol–water partition coefficient (Wildman–Crippen LogP) is 4.21. The molecule has 0 bridgehead atoms. The van der Waals surface area contributed by atoms with E-state index >= 15 is 0 Å². The number of hydrogen-bond acceptors (Lipinski definition) is 4. The van der Waals surface area contributed by atoms with Crippen LogP contribution in [0.4, 0.5) is 0 Å². The molecule has 2 aromatic rings. The maximum atomic E-state index is 12.5. The summed E-state index contributed by atoms with van der Waals surface area (Å²) in [7, 11) is -0.704. The molecule has 0 saturated carbocycles. The first-order chi connectivity index (χ1) is 12.8. The SMILES string of the molecule is Cc1cc(C(C)(C)C)cc(C)c1COC(=O)c1cccc(S(=O)(=O)N(C)C)c1. The van der Waals surface area contributed by atoms with Gasteiger partial charge in [0.1, 0.15) is 6.61 Å². The summed E-state index contributed by atoms with van der Waals surface area (Å²) in [6.07, 6.45) is 0. The predicted molar refractivity (Wildman–Crippen MR) is 111 cm³/mol. The van der Waals surface area contributed by atoms with Gasteiger partial charge in [0.2, 0.25) is 10.0 Å². The van der Waals surface area contributed by atoms with E-state index in [0.29, 0.717) is 0 Å². The van der Waals surface area contributed by atoms with Crippen LogP contribution in [0, 0.1) is 13.8 Å². The number of benzene rings is 2. The number of aryl methyl sites for hydroxylation is 2. The largest absolute Gasteiger partial charge is 0.457 e. The highest BCUT2D eigenvalue weighted by Gasteiger charge is 2.20. The molecule has 6 heteroatoms. The van der Waals surface area contributed by atoms with Crippen LogP contribution in [-0.4, -0.2) is 32.8 Å². The molecule has 0 fully saturated rings. The van der Waals surface area contributed by atoms with E-state index < -0.39 is 16.0 Å². The molecule has 0 aliphatic rings. The summed E-state index contributed by atoms with van der Waals surface area (Å²) in [4.78, 5) is 12.5. The minimum atomic E-state index is -3.61. The van der Waals surface area contributed by atoms with E-state index in [0.717, 1.165) is 21.0 Å². The zero-order valence-corrected chi connectivity index (χ0v) is 18.5. The lowest BCUT2D eigenvalue weighted by atomic mass is 9.84. The number of ether oxygens (including phenoxy) is 1. The quantitative estimate of drug-likeness (QED) is 0.702. The van der Waals surface area contributed by atoms with Crippen molar-refractivity contribution in [3.63, 3.8) is 0 Å². The summed E-state index contributed by atoms with van der Waals surface area (Å²) in [5.74, 6) is -0.547. The summed E-state index contributed by atoms with van der Waals surface area (Å²) < 4.78 is 31.1. The zero-order valence-electron chi connectivity index (χ0n) is 17.7. The van der Waals surface area contributed by atoms with Gasteiger partial charge in [0.05, 0.1) is 10.5 Å². The Bertz CT molecular complexity index is 963. The first-order valence-corrected chi connectivity index (χ1v) is 10.6. The lowest BCUT2D eigenvalue weighted by Crippen LogP contribution is -2.22. The number of sulfonamides is 1. The molecular weight excluding hydrogens is 374 g/mol. The van der Waals surface area contributed by atoms with Gasteiger partial charge in [0.15, 0.2) is 0 Å². The van der Waals surface area contributed by atoms with Crippen molar-refractivity contribution in [2.45, 2.75) is 51.5 Å². The molecule has 0 atom stereocenters. The van der Waals surface area contributed by atoms with Crippen LogP contribution in [0.25, 0.3) is 0 Å². The Morgan fingerprint density at radius 1 is 1.04 bits per heavy atom. The fraction of sp³-hybridized carbons (Fsp3) is 0.409. The Morgan fingerprint density at radius 3 is 2.11 bits per heavy atom. The molecule has 0 radical (unpaired) electrons. The van der Waals surface area contributed by atoms with E-state index in [9.17, 15) is 13.2 Å². The molecule has 0 N–H and O–H groups in total. The standard InChI is InChI=1S/C22H29NO4S/c1-15-11-18(22(3,4)5)12-16(2)20(15)14-27-21(24)17-9-8-10-19(13-17)28(25,26)23(6)7/h8-13H,14H2,1-7H3. The summed E-state index contributed by atoms with van der Waals surface area (Å²) in [5, 5.41) is 0. The van der Waals surface area contributed by atoms with Crippen LogP contribution >= 0.6 is 0 Å². The van der Waals surface area contributed by atoms with Gasteiger partial charge >= 0.3 is 5.97 Å². The minimum Gasteiger partial charge on any atom is -0.457 e. The molecule has 152 valence electrons. The molecule has 0 amide bonds. The average Bonchev–Trinajstić information content (AvgIpc) is 2.59. The van der Waals surface area contributed by atoms with Crippen molar-refractivity contribution in [1.29, 1.82) is 0 Å². The van der Waals surface area contributed by atoms with Crippen LogP contribution in [0.2, 0.25) is 0 Å². The molecule has 0 heterocycles. The highest BCUT2D eigenvalue weighted by Crippen LogP contribution is 2.27. The van der Waals surface area contributed by atoms with Gasteiger partial charge in [-0.1, -0.05) is 39.0 Å². The van der Waals surface area contributed by atoms with Crippen LogP contribution in [-0.2, 0) is 26.8 Å². The maximum Gasteiger partial charge on any atom is 0.338 e. The van der Waals surface area contributed by atoms with Gasteiger partial charge in [-0.25, -0.2) is 17.5 Å². The number of esters is 1. The van der Waals surface area contributed by atoms with Crippen LogP contribution in [0.5, 0.6) is 0 Å². The smallest absolute Gasteiger partial charge is 0.338 e. The Labute approximate surface area is 168 Å². The normalized spacial score (nSPS) is 12.3. The van der Waals surface area contributed by atoms with E-state index in [-0.39, 0.29) is 22.5 Å². The Morgan fingerprint density at radius 2 is 1.61 bits per heavy atom. The summed E-state index contributed by atoms with van der Waals surface area (Å²) in [6, 6.07) is 10.2. The van der Waals surface area contributed by atoms with E-state index in [1.165, 1.54) is 31.8 Å². The van der Waals surface area contributed by atoms with Crippen LogP contribution in [0.15, 0.2) is 41.3 Å². The van der Waals surface area contributed by atoms with E-state index in [1.807, 2.05) is 13.8 Å². The third kappa shape index (κ3) is 4.80. The minimum absolute atomic E-state index is 0.0447. The fourth-order valence-electron chi connectivity index (χ4n) is 2.87. The molecule has 0 aromatic heterocycles. The lowest BCUT2D eigenvalue weighted by Gasteiger charge is -2.22. The van der Waals surface area contributed by atoms with Crippen LogP contribution in [0.3, 0.4) is 0 Å². The number of carbonyl (C=O) groups is 1. The molecule has 5 nitrogen and oxygen atoms in total. The number of nitrogens with zero attached hydrogens (tertiary/aromatic N) is 1. The van der Waals surface area contributed by atoms with Crippen molar-refractivity contribution in [3.8, 4) is 0 Å². The Hall–Kier alpha value is -2.18. The second kappa shape index (κ2) is 8.05. The third-order valence-electron chi connectivity index (χ3n) is 4.76. The van der Waals surface area contributed by atoms with Gasteiger partial charge < -0.3 is 4.74 Å². The van der Waals surface area contributed by atoms with Gasteiger partial charge in [-0.05, 0) is 59.7 Å². The number of rotatable bonds is 5. The lowest BCUT2D eigenvalue weighted by molar-refractivity contribution is 0.0471. The first kappa shape index (κ1) is 22.1. The molecule has 0 aliphatic carbocycles. The third-order valence-corrected chi connectivity index (χ3v) is 6.57. The van der Waals surface area contributed by atoms with Gasteiger partial charge in [-0.2, -0.15) is 0 Å². The second-order valence-electron chi connectivity index (χ2n) is 8.23. The first-order valence-electron chi connectivity index (χ1n) is 9.14. The highest BCUT2D eigenvalue weighted by molar-refractivity contribution is 7.89. The molecule has 0 spiro atoms. The molecule has 0 saturated heterocycles. The van der Waals surface area contributed by atoms with Gasteiger partial charge in [-0.15, -0.1) is 0 Å². The van der Waals surface area contributed by atoms with Crippen molar-refractivity contribution in [2.75, 3.05) is 14.1 Å². The monoisotopic (exact) mass is 403 g/mol. The van der Waals surface area contributed by atoms with Crippen molar-refractivity contribution in [1.82, 2.24) is 4.31 Å². The van der Waals surface area contributed by atoms with E-state index in [1.54, 1.807) is 12.1 Å². The summed E-state index contributed by atoms with van der Waals surface area (Å²) in [6.45, 7) is 10.7. The molecule has 28 heavy (non-hydrogen) atoms. The molecule has 2 aromatic carbocycles. The topological polar surface area (TPSA) is 63.7 Å². The van der Waals surface area contributed by atoms with Crippen LogP contribution < -0.4 is 0 Å². The van der Waals surface area contributed by atoms with Gasteiger partial charge in [-0.3, -0.25) is 0 Å². The summed E-state index contributed by atoms with van der Waals surface area (Å²) in [5.41, 5.74) is 4.61. The van der Waals surface area contributed by atoms with Crippen molar-refractivity contribution >= 4 is 16.0 Å². The Kier molecular flexibility index (Phi) is 6.36. The van der Waals surface area contributed by atoms with E-state index in [2.05, 4.69) is 32.9 Å². The number of carbonyl (C=O) groups excluding carboxylic acids is 1. The zero-order chi connectivity index (χ0) is 21.3. The fourth-order valence-corrected chi connectivity index (χ4v) is 3.82. The van der Waals surface area contributed by atoms with Gasteiger partial charge in [0.25, 0.3) is 0 Å². The average molecular weight is 404 g/mol. The molecule has 0 aliphatic heterocycles. The van der Waals surface area contributed by atoms with Crippen molar-refractivity contribution in [3.05, 3.63) is 64.2 Å². The van der Waals surface area contributed by atoms with Gasteiger partial charge in [0, 0.05) is 14.1 Å². The van der Waals surface area contributed by atoms with Crippen molar-refractivity contribution < 1.29 is 17.9 Å². The van der Waals surface area contributed by atoms with Crippen LogP contribution in [0.1, 0.15) is 53.4 Å². The maximum absolute atomic E-state index is 12.5. The molecule has 0 unspecified atom stereocenters. The highest BCUT2D eigenvalue weighted by atomic mass is 32.2. The number of hydrogen-bond donors (Lipinski definition) is 0. The molecular formula is C22H29NO4S. The second-order valence-corrected chi connectivity index (χ2v) is 10.4. The van der Waals surface area contributed by atoms with Crippen molar-refractivity contribution in [2.24, 2.45) is 0 Å².